The van der Waals surface area contributed by atoms with Crippen LogP contribution in [0.2, 0.25) is 0 Å². The van der Waals surface area contributed by atoms with Crippen LogP contribution in [0.25, 0.3) is 0 Å². The second-order valence-corrected chi connectivity index (χ2v) is 6.01. The molecule has 0 aliphatic rings. The molecule has 0 N–H and O–H groups in total. The summed E-state index contributed by atoms with van der Waals surface area (Å²) in [6.07, 6.45) is -0.218. The van der Waals surface area contributed by atoms with E-state index in [4.69, 9.17) is 14.2 Å². The highest BCUT2D eigenvalue weighted by molar-refractivity contribution is 5.90. The van der Waals surface area contributed by atoms with E-state index in [1.165, 1.54) is 6.07 Å². The third-order valence-electron chi connectivity index (χ3n) is 3.32. The van der Waals surface area contributed by atoms with E-state index in [0.29, 0.717) is 11.3 Å². The predicted molar refractivity (Wildman–Crippen MR) is 94.0 cm³/mol. The van der Waals surface area contributed by atoms with Crippen molar-refractivity contribution in [2.24, 2.45) is 0 Å². The van der Waals surface area contributed by atoms with Gasteiger partial charge in [-0.2, -0.15) is 0 Å². The molecular formula is C20H22O5. The highest BCUT2D eigenvalue weighted by atomic mass is 16.6. The first-order valence-corrected chi connectivity index (χ1v) is 8.07. The van der Waals surface area contributed by atoms with Crippen molar-refractivity contribution < 1.29 is 23.8 Å². The van der Waals surface area contributed by atoms with Gasteiger partial charge in [0.05, 0.1) is 11.7 Å². The molecule has 2 aromatic carbocycles. The molecule has 0 unspecified atom stereocenters. The average molecular weight is 342 g/mol. The first kappa shape index (κ1) is 18.5. The zero-order valence-electron chi connectivity index (χ0n) is 14.9. The lowest BCUT2D eigenvalue weighted by Crippen LogP contribution is -2.18. The van der Waals surface area contributed by atoms with Gasteiger partial charge in [0.2, 0.25) is 0 Å². The summed E-state index contributed by atoms with van der Waals surface area (Å²) in [6.45, 7) is 7.22. The van der Waals surface area contributed by atoms with Gasteiger partial charge in [0, 0.05) is 0 Å². The molecule has 2 rings (SSSR count). The molecule has 0 radical (unpaired) electrons. The van der Waals surface area contributed by atoms with Crippen LogP contribution in [0.4, 0.5) is 0 Å². The maximum Gasteiger partial charge on any atom is 0.349 e. The minimum atomic E-state index is -0.547. The van der Waals surface area contributed by atoms with Crippen molar-refractivity contribution in [1.82, 2.24) is 0 Å². The van der Waals surface area contributed by atoms with Gasteiger partial charge in [0.1, 0.15) is 11.5 Å². The zero-order chi connectivity index (χ0) is 18.4. The Kier molecular flexibility index (Phi) is 6.17. The number of aryl methyl sites for hydroxylation is 2. The quantitative estimate of drug-likeness (QED) is 0.589. The van der Waals surface area contributed by atoms with E-state index in [1.807, 2.05) is 32.0 Å². The third kappa shape index (κ3) is 5.64. The standard InChI is InChI=1S/C20H22O5/c1-13(2)24-20(22)16-6-5-7-17(11-16)25-19(21)12-23-18-9-8-14(3)10-15(18)4/h5-11,13H,12H2,1-4H3. The lowest BCUT2D eigenvalue weighted by Gasteiger charge is -2.11. The van der Waals surface area contributed by atoms with E-state index in [-0.39, 0.29) is 18.5 Å². The van der Waals surface area contributed by atoms with E-state index in [2.05, 4.69) is 0 Å². The molecule has 0 aromatic heterocycles. The highest BCUT2D eigenvalue weighted by Crippen LogP contribution is 2.19. The normalized spacial score (nSPS) is 10.4. The number of carbonyl (C=O) groups excluding carboxylic acids is 2. The Morgan fingerprint density at radius 3 is 2.48 bits per heavy atom. The fourth-order valence-electron chi connectivity index (χ4n) is 2.23. The molecule has 0 aliphatic carbocycles. The Labute approximate surface area is 147 Å². The van der Waals surface area contributed by atoms with Crippen molar-refractivity contribution >= 4 is 11.9 Å². The smallest absolute Gasteiger partial charge is 0.349 e. The van der Waals surface area contributed by atoms with Crippen LogP contribution in [-0.2, 0) is 9.53 Å². The third-order valence-corrected chi connectivity index (χ3v) is 3.32. The topological polar surface area (TPSA) is 61.8 Å². The molecule has 132 valence electrons. The van der Waals surface area contributed by atoms with Gasteiger partial charge in [-0.1, -0.05) is 23.8 Å². The number of hydrogen-bond donors (Lipinski definition) is 0. The highest BCUT2D eigenvalue weighted by Gasteiger charge is 2.12. The Hall–Kier alpha value is -2.82. The molecule has 0 heterocycles. The maximum atomic E-state index is 12.0. The number of esters is 2. The van der Waals surface area contributed by atoms with Crippen LogP contribution in [0.15, 0.2) is 42.5 Å². The summed E-state index contributed by atoms with van der Waals surface area (Å²) in [5, 5.41) is 0. The lowest BCUT2D eigenvalue weighted by atomic mass is 10.1. The first-order chi connectivity index (χ1) is 11.8. The summed E-state index contributed by atoms with van der Waals surface area (Å²) < 4.78 is 15.8. The van der Waals surface area contributed by atoms with Crippen LogP contribution in [0.1, 0.15) is 35.3 Å². The van der Waals surface area contributed by atoms with Crippen molar-refractivity contribution in [3.63, 3.8) is 0 Å². The van der Waals surface area contributed by atoms with E-state index >= 15 is 0 Å². The molecule has 25 heavy (non-hydrogen) atoms. The average Bonchev–Trinajstić information content (AvgIpc) is 2.53. The maximum absolute atomic E-state index is 12.0. The number of carbonyl (C=O) groups is 2. The summed E-state index contributed by atoms with van der Waals surface area (Å²) in [5.74, 6) is -0.0990. The molecule has 0 fully saturated rings. The monoisotopic (exact) mass is 342 g/mol. The minimum absolute atomic E-state index is 0.218. The molecule has 0 bridgehead atoms. The fourth-order valence-corrected chi connectivity index (χ4v) is 2.23. The Bertz CT molecular complexity index is 764. The van der Waals surface area contributed by atoms with Crippen molar-refractivity contribution in [2.75, 3.05) is 6.61 Å². The number of rotatable bonds is 6. The van der Waals surface area contributed by atoms with Gasteiger partial charge in [0.15, 0.2) is 6.61 Å². The second kappa shape index (κ2) is 8.33. The Morgan fingerprint density at radius 2 is 1.80 bits per heavy atom. The molecule has 5 nitrogen and oxygen atoms in total. The molecule has 0 amide bonds. The molecular weight excluding hydrogens is 320 g/mol. The SMILES string of the molecule is Cc1ccc(OCC(=O)Oc2cccc(C(=O)OC(C)C)c2)c(C)c1. The summed E-state index contributed by atoms with van der Waals surface area (Å²) in [4.78, 5) is 23.8. The molecule has 0 spiro atoms. The predicted octanol–water partition coefficient (Wildman–Crippen LogP) is 3.85. The van der Waals surface area contributed by atoms with Crippen molar-refractivity contribution in [2.45, 2.75) is 33.8 Å². The minimum Gasteiger partial charge on any atom is -0.482 e. The van der Waals surface area contributed by atoms with Crippen molar-refractivity contribution in [1.29, 1.82) is 0 Å². The van der Waals surface area contributed by atoms with Crippen LogP contribution in [0.5, 0.6) is 11.5 Å². The first-order valence-electron chi connectivity index (χ1n) is 8.07. The van der Waals surface area contributed by atoms with Crippen LogP contribution in [0, 0.1) is 13.8 Å². The van der Waals surface area contributed by atoms with Crippen LogP contribution in [-0.4, -0.2) is 24.6 Å². The van der Waals surface area contributed by atoms with Gasteiger partial charge in [-0.3, -0.25) is 0 Å². The second-order valence-electron chi connectivity index (χ2n) is 6.01. The number of ether oxygens (including phenoxy) is 3. The number of benzene rings is 2. The summed E-state index contributed by atoms with van der Waals surface area (Å²) in [6, 6.07) is 12.0. The van der Waals surface area contributed by atoms with Crippen LogP contribution < -0.4 is 9.47 Å². The van der Waals surface area contributed by atoms with Crippen molar-refractivity contribution in [3.05, 3.63) is 59.2 Å². The molecule has 0 atom stereocenters. The fraction of sp³-hybridized carbons (Fsp3) is 0.300. The molecule has 2 aromatic rings. The van der Waals surface area contributed by atoms with Gasteiger partial charge in [-0.25, -0.2) is 9.59 Å². The molecule has 0 aliphatic heterocycles. The number of hydrogen-bond acceptors (Lipinski definition) is 5. The van der Waals surface area contributed by atoms with E-state index in [1.54, 1.807) is 32.0 Å². The van der Waals surface area contributed by atoms with Crippen LogP contribution in [0.3, 0.4) is 0 Å². The van der Waals surface area contributed by atoms with E-state index < -0.39 is 11.9 Å². The van der Waals surface area contributed by atoms with E-state index in [0.717, 1.165) is 11.1 Å². The Balaban J connectivity index is 1.95. The summed E-state index contributed by atoms with van der Waals surface area (Å²) in [5.41, 5.74) is 2.40. The zero-order valence-corrected chi connectivity index (χ0v) is 14.9. The van der Waals surface area contributed by atoms with Gasteiger partial charge >= 0.3 is 11.9 Å². The van der Waals surface area contributed by atoms with Crippen LogP contribution >= 0.6 is 0 Å². The van der Waals surface area contributed by atoms with Gasteiger partial charge in [0.25, 0.3) is 0 Å². The summed E-state index contributed by atoms with van der Waals surface area (Å²) >= 11 is 0. The van der Waals surface area contributed by atoms with E-state index in [9.17, 15) is 9.59 Å². The largest absolute Gasteiger partial charge is 0.482 e. The molecule has 0 saturated carbocycles. The Morgan fingerprint density at radius 1 is 1.04 bits per heavy atom. The van der Waals surface area contributed by atoms with Crippen molar-refractivity contribution in [3.8, 4) is 11.5 Å². The molecule has 0 saturated heterocycles. The van der Waals surface area contributed by atoms with Gasteiger partial charge < -0.3 is 14.2 Å². The van der Waals surface area contributed by atoms with Gasteiger partial charge in [-0.05, 0) is 57.5 Å². The summed E-state index contributed by atoms with van der Waals surface area (Å²) in [7, 11) is 0. The molecule has 5 heteroatoms. The van der Waals surface area contributed by atoms with Gasteiger partial charge in [-0.15, -0.1) is 0 Å². The lowest BCUT2D eigenvalue weighted by molar-refractivity contribution is -0.136.